The van der Waals surface area contributed by atoms with Crippen molar-refractivity contribution in [2.75, 3.05) is 11.5 Å². The van der Waals surface area contributed by atoms with Crippen molar-refractivity contribution in [1.82, 2.24) is 29.7 Å². The first-order valence-corrected chi connectivity index (χ1v) is 14.3. The summed E-state index contributed by atoms with van der Waals surface area (Å²) in [5.74, 6) is 3.25. The van der Waals surface area contributed by atoms with Gasteiger partial charge in [0.25, 0.3) is 0 Å². The van der Waals surface area contributed by atoms with Gasteiger partial charge in [0.05, 0.1) is 11.4 Å². The van der Waals surface area contributed by atoms with E-state index in [0.717, 1.165) is 67.1 Å². The molecule has 8 nitrogen and oxygen atoms in total. The highest BCUT2D eigenvalue weighted by Crippen LogP contribution is 2.27. The summed E-state index contributed by atoms with van der Waals surface area (Å²) >= 11 is 3.34. The third kappa shape index (κ3) is 4.57. The number of hydrogen-bond donors (Lipinski definition) is 0. The van der Waals surface area contributed by atoms with Crippen molar-refractivity contribution in [2.45, 2.75) is 23.2 Å². The van der Waals surface area contributed by atoms with Crippen LogP contribution in [0.5, 0.6) is 0 Å². The second-order valence-electron chi connectivity index (χ2n) is 8.99. The Balaban J connectivity index is 1.08. The summed E-state index contributed by atoms with van der Waals surface area (Å²) in [7, 11) is 0. The summed E-state index contributed by atoms with van der Waals surface area (Å²) in [6.45, 7) is 0. The molecule has 7 rings (SSSR count). The van der Waals surface area contributed by atoms with Crippen LogP contribution >= 0.6 is 23.5 Å². The van der Waals surface area contributed by atoms with Crippen LogP contribution in [-0.2, 0) is 12.8 Å². The van der Waals surface area contributed by atoms with Crippen LogP contribution in [0.2, 0.25) is 0 Å². The molecule has 0 spiro atoms. The van der Waals surface area contributed by atoms with Crippen molar-refractivity contribution >= 4 is 34.9 Å². The highest BCUT2D eigenvalue weighted by Gasteiger charge is 2.21. The molecule has 0 N–H and O–H groups in total. The second-order valence-corrected chi connectivity index (χ2v) is 10.9. The Bertz CT molecular complexity index is 1530. The van der Waals surface area contributed by atoms with Crippen LogP contribution in [0, 0.1) is 0 Å². The molecule has 2 aliphatic heterocycles. The quantitative estimate of drug-likeness (QED) is 0.312. The molecular formula is C28H22N8S2. The molecule has 38 heavy (non-hydrogen) atoms. The van der Waals surface area contributed by atoms with Crippen molar-refractivity contribution in [3.8, 4) is 0 Å². The normalized spacial score (nSPS) is 14.4. The molecule has 0 saturated heterocycles. The highest BCUT2D eigenvalue weighted by molar-refractivity contribution is 8.00. The number of nitrogens with zero attached hydrogens (tertiary/aromatic N) is 8. The van der Waals surface area contributed by atoms with Crippen LogP contribution in [-0.4, -0.2) is 52.7 Å². The van der Waals surface area contributed by atoms with E-state index in [-0.39, 0.29) is 0 Å². The zero-order valence-corrected chi connectivity index (χ0v) is 21.9. The molecule has 0 unspecified atom stereocenters. The average molecular weight is 535 g/mol. The summed E-state index contributed by atoms with van der Waals surface area (Å²) in [5.41, 5.74) is 6.63. The molecule has 2 aromatic heterocycles. The standard InChI is InChI=1S/C28H22N8S2/c1-3-7-21(8-4-1)23-17-37-27-31-29-25(35(27)33-23)15-19-11-13-20(14-12-19)16-26-30-32-28-36(26)34-24(18-38-28)22-9-5-2-6-10-22/h1-14H,15-18H2. The molecular weight excluding hydrogens is 512 g/mol. The van der Waals surface area contributed by atoms with E-state index in [1.165, 1.54) is 0 Å². The molecule has 186 valence electrons. The Kier molecular flexibility index (Phi) is 6.11. The van der Waals surface area contributed by atoms with Crippen LogP contribution in [0.15, 0.2) is 105 Å². The number of hydrogen-bond acceptors (Lipinski definition) is 8. The van der Waals surface area contributed by atoms with Crippen LogP contribution in [0.3, 0.4) is 0 Å². The van der Waals surface area contributed by atoms with Crippen LogP contribution < -0.4 is 0 Å². The first-order valence-electron chi connectivity index (χ1n) is 12.3. The fourth-order valence-corrected chi connectivity index (χ4v) is 6.16. The smallest absolute Gasteiger partial charge is 0.191 e. The molecule has 0 aliphatic carbocycles. The molecule has 4 heterocycles. The Morgan fingerprint density at radius 2 is 0.947 bits per heavy atom. The number of aromatic nitrogens is 6. The van der Waals surface area contributed by atoms with E-state index in [2.05, 4.69) is 68.9 Å². The maximum atomic E-state index is 4.86. The predicted octanol–water partition coefficient (Wildman–Crippen LogP) is 4.77. The predicted molar refractivity (Wildman–Crippen MR) is 150 cm³/mol. The molecule has 2 aliphatic rings. The van der Waals surface area contributed by atoms with E-state index in [9.17, 15) is 0 Å². The lowest BCUT2D eigenvalue weighted by Gasteiger charge is -2.14. The zero-order valence-electron chi connectivity index (χ0n) is 20.3. The minimum absolute atomic E-state index is 0.654. The molecule has 0 atom stereocenters. The van der Waals surface area contributed by atoms with Gasteiger partial charge in [0.1, 0.15) is 0 Å². The van der Waals surface area contributed by atoms with Gasteiger partial charge in [-0.2, -0.15) is 19.6 Å². The molecule has 5 aromatic rings. The minimum atomic E-state index is 0.654. The molecule has 0 amide bonds. The summed E-state index contributed by atoms with van der Waals surface area (Å²) in [4.78, 5) is 0. The Labute approximate surface area is 227 Å². The van der Waals surface area contributed by atoms with Crippen molar-refractivity contribution < 1.29 is 0 Å². The van der Waals surface area contributed by atoms with E-state index in [1.54, 1.807) is 23.5 Å². The van der Waals surface area contributed by atoms with E-state index in [4.69, 9.17) is 10.2 Å². The molecule has 0 fully saturated rings. The van der Waals surface area contributed by atoms with Gasteiger partial charge in [-0.15, -0.1) is 20.4 Å². The lowest BCUT2D eigenvalue weighted by atomic mass is 10.1. The van der Waals surface area contributed by atoms with E-state index in [1.807, 2.05) is 45.8 Å². The molecule has 10 heteroatoms. The number of fused-ring (bicyclic) bond motifs is 2. The highest BCUT2D eigenvalue weighted by atomic mass is 32.2. The van der Waals surface area contributed by atoms with Gasteiger partial charge in [0, 0.05) is 24.3 Å². The maximum absolute atomic E-state index is 4.86. The van der Waals surface area contributed by atoms with Gasteiger partial charge in [-0.3, -0.25) is 0 Å². The topological polar surface area (TPSA) is 86.1 Å². The van der Waals surface area contributed by atoms with Crippen molar-refractivity contribution in [1.29, 1.82) is 0 Å². The van der Waals surface area contributed by atoms with Gasteiger partial charge in [-0.05, 0) is 22.3 Å². The van der Waals surface area contributed by atoms with Crippen molar-refractivity contribution in [3.63, 3.8) is 0 Å². The van der Waals surface area contributed by atoms with Crippen molar-refractivity contribution in [2.24, 2.45) is 10.2 Å². The summed E-state index contributed by atoms with van der Waals surface area (Å²) < 4.78 is 3.76. The van der Waals surface area contributed by atoms with Gasteiger partial charge in [0.15, 0.2) is 11.6 Å². The number of rotatable bonds is 6. The SMILES string of the molecule is c1ccc(C2=Nn3c(Cc4ccc(Cc5nnc6n5N=C(c5ccccc5)CS6)cc4)nnc3SC2)cc1. The third-order valence-corrected chi connectivity index (χ3v) is 8.29. The largest absolute Gasteiger partial charge is 0.212 e. The van der Waals surface area contributed by atoms with E-state index >= 15 is 0 Å². The minimum Gasteiger partial charge on any atom is -0.191 e. The zero-order chi connectivity index (χ0) is 25.3. The number of benzene rings is 3. The second kappa shape index (κ2) is 10.0. The van der Waals surface area contributed by atoms with Gasteiger partial charge >= 0.3 is 0 Å². The molecule has 0 bridgehead atoms. The van der Waals surface area contributed by atoms with E-state index in [0.29, 0.717) is 12.8 Å². The lowest BCUT2D eigenvalue weighted by molar-refractivity contribution is 0.718. The average Bonchev–Trinajstić information content (AvgIpc) is 3.58. The van der Waals surface area contributed by atoms with Gasteiger partial charge in [0.2, 0.25) is 10.3 Å². The van der Waals surface area contributed by atoms with Crippen LogP contribution in [0.1, 0.15) is 33.9 Å². The first kappa shape index (κ1) is 23.1. The summed E-state index contributed by atoms with van der Waals surface area (Å²) in [6.07, 6.45) is 1.31. The third-order valence-electron chi connectivity index (χ3n) is 6.43. The molecule has 0 radical (unpaired) electrons. The fraction of sp³-hybridized carbons (Fsp3) is 0.143. The Morgan fingerprint density at radius 1 is 0.526 bits per heavy atom. The van der Waals surface area contributed by atoms with Gasteiger partial charge in [-0.25, -0.2) is 0 Å². The maximum Gasteiger partial charge on any atom is 0.212 e. The molecule has 0 saturated carbocycles. The fourth-order valence-electron chi connectivity index (χ4n) is 4.44. The summed E-state index contributed by atoms with van der Waals surface area (Å²) in [5, 5.41) is 29.0. The summed E-state index contributed by atoms with van der Waals surface area (Å²) in [6, 6.07) is 29.1. The lowest BCUT2D eigenvalue weighted by Crippen LogP contribution is -2.15. The van der Waals surface area contributed by atoms with E-state index < -0.39 is 0 Å². The Hall–Kier alpha value is -4.02. The Morgan fingerprint density at radius 3 is 1.37 bits per heavy atom. The van der Waals surface area contributed by atoms with Gasteiger partial charge in [-0.1, -0.05) is 108 Å². The van der Waals surface area contributed by atoms with Gasteiger partial charge < -0.3 is 0 Å². The monoisotopic (exact) mass is 534 g/mol. The van der Waals surface area contributed by atoms with Crippen LogP contribution in [0.4, 0.5) is 0 Å². The molecule has 3 aromatic carbocycles. The first-order chi connectivity index (χ1) is 18.8. The number of thioether (sulfide) groups is 2. The van der Waals surface area contributed by atoms with Crippen molar-refractivity contribution in [3.05, 3.63) is 119 Å². The van der Waals surface area contributed by atoms with Crippen LogP contribution in [0.25, 0.3) is 0 Å².